The Kier molecular flexibility index (Phi) is 13.2. The van der Waals surface area contributed by atoms with Crippen LogP contribution in [0.3, 0.4) is 0 Å². The molecule has 11 atom stereocenters. The van der Waals surface area contributed by atoms with E-state index in [0.717, 1.165) is 31.5 Å². The van der Waals surface area contributed by atoms with E-state index in [2.05, 4.69) is 37.5 Å². The molecule has 3 rings (SSSR count). The standard InChI is InChI=1S/C34H56N2O8/c1-9-26(41-8)23(4)30-31(44-30)32-33(6,36-19-11-18-35-32)16-10-12-21(2)29-22(3)13-14-27(42-24(5)37)34(7,40)17-15-25(38)20-28(39)43-29/h10,12-14,16,22-23,25-27,29-32,35-36,38,40H,9,11,15,17-20H2,1-8H3/b14-13+,16-10+,21-12+/t22-,23+,25+,26-,27-,29-,30+,31-,32?,33?,34+/m0/s1. The van der Waals surface area contributed by atoms with Crippen molar-refractivity contribution < 1.29 is 38.7 Å². The first-order valence-corrected chi connectivity index (χ1v) is 16.2. The molecule has 4 N–H and O–H groups in total. The van der Waals surface area contributed by atoms with Gasteiger partial charge in [-0.25, -0.2) is 0 Å². The molecule has 0 aromatic rings. The zero-order valence-electron chi connectivity index (χ0n) is 27.9. The Bertz CT molecular complexity index is 1050. The van der Waals surface area contributed by atoms with Crippen LogP contribution in [0.25, 0.3) is 0 Å². The van der Waals surface area contributed by atoms with Crippen molar-refractivity contribution in [3.63, 3.8) is 0 Å². The third kappa shape index (κ3) is 9.71. The van der Waals surface area contributed by atoms with Crippen LogP contribution >= 0.6 is 0 Å². The molecule has 2 fully saturated rings. The maximum absolute atomic E-state index is 12.8. The van der Waals surface area contributed by atoms with Gasteiger partial charge in [0.2, 0.25) is 0 Å². The zero-order chi connectivity index (χ0) is 32.7. The number of methoxy groups -OCH3 is 1. The number of allylic oxidation sites excluding steroid dienone is 2. The van der Waals surface area contributed by atoms with Crippen molar-refractivity contribution in [3.8, 4) is 0 Å². The predicted molar refractivity (Wildman–Crippen MR) is 169 cm³/mol. The number of hydrogen-bond donors (Lipinski definition) is 4. The Balaban J connectivity index is 1.83. The van der Waals surface area contributed by atoms with Gasteiger partial charge < -0.3 is 39.8 Å². The van der Waals surface area contributed by atoms with Crippen molar-refractivity contribution in [2.45, 2.75) is 134 Å². The summed E-state index contributed by atoms with van der Waals surface area (Å²) in [7, 11) is 1.76. The minimum atomic E-state index is -1.41. The van der Waals surface area contributed by atoms with E-state index in [9.17, 15) is 19.8 Å². The normalized spacial score (nSPS) is 39.7. The van der Waals surface area contributed by atoms with Gasteiger partial charge in [0, 0.05) is 25.9 Å². The van der Waals surface area contributed by atoms with Crippen LogP contribution in [0.15, 0.2) is 36.0 Å². The number of carbonyl (C=O) groups is 2. The highest BCUT2D eigenvalue weighted by molar-refractivity contribution is 5.70. The molecule has 0 spiro atoms. The number of aliphatic hydroxyl groups is 2. The van der Waals surface area contributed by atoms with Crippen molar-refractivity contribution in [3.05, 3.63) is 36.0 Å². The summed E-state index contributed by atoms with van der Waals surface area (Å²) in [5, 5.41) is 29.0. The van der Waals surface area contributed by atoms with Gasteiger partial charge in [-0.15, -0.1) is 0 Å². The van der Waals surface area contributed by atoms with E-state index in [4.69, 9.17) is 18.9 Å². The maximum Gasteiger partial charge on any atom is 0.309 e. The maximum atomic E-state index is 12.8. The Morgan fingerprint density at radius 2 is 1.98 bits per heavy atom. The first-order valence-electron chi connectivity index (χ1n) is 16.2. The number of esters is 2. The third-order valence-corrected chi connectivity index (χ3v) is 9.44. The second kappa shape index (κ2) is 16.0. The molecule has 3 aliphatic rings. The number of carbonyl (C=O) groups excluding carboxylic acids is 2. The molecule has 3 heterocycles. The number of rotatable bonds is 9. The molecule has 10 heteroatoms. The summed E-state index contributed by atoms with van der Waals surface area (Å²) in [6.45, 7) is 14.9. The van der Waals surface area contributed by atoms with Crippen LogP contribution in [-0.2, 0) is 28.5 Å². The van der Waals surface area contributed by atoms with Gasteiger partial charge in [0.1, 0.15) is 23.9 Å². The molecule has 250 valence electrons. The number of aliphatic hydroxyl groups excluding tert-OH is 1. The molecule has 2 unspecified atom stereocenters. The summed E-state index contributed by atoms with van der Waals surface area (Å²) < 4.78 is 23.3. The fourth-order valence-electron chi connectivity index (χ4n) is 6.56. The molecule has 0 aromatic carbocycles. The van der Waals surface area contributed by atoms with Gasteiger partial charge in [-0.05, 0) is 71.2 Å². The molecule has 0 amide bonds. The highest BCUT2D eigenvalue weighted by atomic mass is 16.6. The zero-order valence-corrected chi connectivity index (χ0v) is 27.9. The first-order chi connectivity index (χ1) is 20.7. The van der Waals surface area contributed by atoms with Crippen molar-refractivity contribution in [1.82, 2.24) is 10.6 Å². The number of ether oxygens (including phenoxy) is 4. The van der Waals surface area contributed by atoms with Gasteiger partial charge in [-0.1, -0.05) is 45.1 Å². The SMILES string of the molecule is CC[C@H](OC)[C@@H](C)[C@H]1O[C@@H]1C1NCCCNC1(C)/C=C/C=C(\C)[C@@H]1OC(=O)C[C@H](O)CC[C@@](C)(O)[C@@H](OC(C)=O)/C=C/[C@@H]1C. The minimum Gasteiger partial charge on any atom is -0.457 e. The molecule has 0 bridgehead atoms. The van der Waals surface area contributed by atoms with Gasteiger partial charge >= 0.3 is 11.9 Å². The van der Waals surface area contributed by atoms with E-state index in [1.54, 1.807) is 20.1 Å². The minimum absolute atomic E-state index is 0.0604. The quantitative estimate of drug-likeness (QED) is 0.131. The molecule has 2 saturated heterocycles. The van der Waals surface area contributed by atoms with Crippen LogP contribution in [0.4, 0.5) is 0 Å². The second-order valence-electron chi connectivity index (χ2n) is 13.3. The summed E-state index contributed by atoms with van der Waals surface area (Å²) in [4.78, 5) is 24.6. The Morgan fingerprint density at radius 3 is 2.64 bits per heavy atom. The van der Waals surface area contributed by atoms with E-state index in [0.29, 0.717) is 0 Å². The van der Waals surface area contributed by atoms with Crippen LogP contribution in [-0.4, -0.2) is 96.2 Å². The lowest BCUT2D eigenvalue weighted by atomic mass is 9.85. The van der Waals surface area contributed by atoms with Crippen molar-refractivity contribution >= 4 is 11.9 Å². The lowest BCUT2D eigenvalue weighted by molar-refractivity contribution is -0.157. The van der Waals surface area contributed by atoms with Gasteiger partial charge in [0.05, 0.1) is 36.3 Å². The molecule has 3 aliphatic heterocycles. The van der Waals surface area contributed by atoms with Crippen molar-refractivity contribution in [2.24, 2.45) is 11.8 Å². The predicted octanol–water partition coefficient (Wildman–Crippen LogP) is 3.36. The van der Waals surface area contributed by atoms with Crippen LogP contribution in [0.1, 0.15) is 80.6 Å². The van der Waals surface area contributed by atoms with E-state index < -0.39 is 35.9 Å². The topological polar surface area (TPSA) is 139 Å². The molecule has 0 aromatic heterocycles. The molecule has 10 nitrogen and oxygen atoms in total. The van der Waals surface area contributed by atoms with Gasteiger partial charge in [-0.3, -0.25) is 9.59 Å². The Morgan fingerprint density at radius 1 is 1.25 bits per heavy atom. The van der Waals surface area contributed by atoms with Crippen LogP contribution in [0, 0.1) is 11.8 Å². The lowest BCUT2D eigenvalue weighted by Crippen LogP contribution is -2.58. The molecular weight excluding hydrogens is 564 g/mol. The van der Waals surface area contributed by atoms with E-state index in [1.165, 1.54) is 6.92 Å². The van der Waals surface area contributed by atoms with E-state index >= 15 is 0 Å². The number of hydrogen-bond acceptors (Lipinski definition) is 10. The summed E-state index contributed by atoms with van der Waals surface area (Å²) in [5.41, 5.74) is -0.983. The molecule has 0 aliphatic carbocycles. The second-order valence-corrected chi connectivity index (χ2v) is 13.3. The summed E-state index contributed by atoms with van der Waals surface area (Å²) in [5.74, 6) is -1.04. The molecule has 0 radical (unpaired) electrons. The first kappa shape index (κ1) is 36.4. The summed E-state index contributed by atoms with van der Waals surface area (Å²) in [6.07, 6.45) is 9.40. The fraction of sp³-hybridized carbons (Fsp3) is 0.765. The van der Waals surface area contributed by atoms with Crippen molar-refractivity contribution in [1.29, 1.82) is 0 Å². The Hall–Kier alpha value is -2.08. The largest absolute Gasteiger partial charge is 0.457 e. The van der Waals surface area contributed by atoms with E-state index in [1.807, 2.05) is 32.1 Å². The van der Waals surface area contributed by atoms with Gasteiger partial charge in [0.25, 0.3) is 0 Å². The molecule has 44 heavy (non-hydrogen) atoms. The van der Waals surface area contributed by atoms with Crippen molar-refractivity contribution in [2.75, 3.05) is 20.2 Å². The number of epoxide rings is 1. The monoisotopic (exact) mass is 620 g/mol. The van der Waals surface area contributed by atoms with Gasteiger partial charge in [0.15, 0.2) is 0 Å². The lowest BCUT2D eigenvalue weighted by Gasteiger charge is -2.34. The molecular formula is C34H56N2O8. The fourth-order valence-corrected chi connectivity index (χ4v) is 6.56. The highest BCUT2D eigenvalue weighted by Gasteiger charge is 2.54. The number of cyclic esters (lactones) is 1. The smallest absolute Gasteiger partial charge is 0.309 e. The highest BCUT2D eigenvalue weighted by Crippen LogP contribution is 2.39. The molecule has 0 saturated carbocycles. The summed E-state index contributed by atoms with van der Waals surface area (Å²) >= 11 is 0. The van der Waals surface area contributed by atoms with Crippen LogP contribution in [0.2, 0.25) is 0 Å². The number of nitrogens with one attached hydrogen (secondary N) is 2. The van der Waals surface area contributed by atoms with Crippen LogP contribution < -0.4 is 10.6 Å². The third-order valence-electron chi connectivity index (χ3n) is 9.44. The average Bonchev–Trinajstić information content (AvgIpc) is 3.76. The van der Waals surface area contributed by atoms with E-state index in [-0.39, 0.29) is 61.0 Å². The van der Waals surface area contributed by atoms with Gasteiger partial charge in [-0.2, -0.15) is 0 Å². The van der Waals surface area contributed by atoms with Crippen LogP contribution in [0.5, 0.6) is 0 Å². The Labute approximate surface area is 263 Å². The summed E-state index contributed by atoms with van der Waals surface area (Å²) in [6, 6.07) is 0.0604. The average molecular weight is 621 g/mol.